The van der Waals surface area contributed by atoms with E-state index in [0.29, 0.717) is 43.1 Å². The van der Waals surface area contributed by atoms with E-state index in [9.17, 15) is 29.4 Å². The van der Waals surface area contributed by atoms with Crippen LogP contribution in [0.1, 0.15) is 51.4 Å². The molecule has 0 aliphatic carbocycles. The van der Waals surface area contributed by atoms with Gasteiger partial charge in [0.25, 0.3) is 5.56 Å². The zero-order valence-corrected chi connectivity index (χ0v) is 32.0. The molecule has 2 aliphatic rings. The van der Waals surface area contributed by atoms with Crippen molar-refractivity contribution >= 4 is 34.7 Å². The molecule has 5 N–H and O–H groups in total. The second kappa shape index (κ2) is 16.1. The van der Waals surface area contributed by atoms with Gasteiger partial charge in [-0.3, -0.25) is 24.1 Å². The van der Waals surface area contributed by atoms with Crippen LogP contribution in [0.3, 0.4) is 0 Å². The predicted octanol–water partition coefficient (Wildman–Crippen LogP) is 3.07. The number of aromatic nitrogens is 3. The van der Waals surface area contributed by atoms with Crippen LogP contribution in [0.15, 0.2) is 64.9 Å². The number of carbonyl (C=O) groups is 3. The molecule has 0 bridgehead atoms. The summed E-state index contributed by atoms with van der Waals surface area (Å²) >= 11 is 1.57. The van der Waals surface area contributed by atoms with Crippen LogP contribution in [0.5, 0.6) is 5.75 Å². The van der Waals surface area contributed by atoms with Crippen molar-refractivity contribution in [3.63, 3.8) is 0 Å². The molecule has 2 saturated heterocycles. The largest absolute Gasteiger partial charge is 0.507 e. The highest BCUT2D eigenvalue weighted by Gasteiger charge is 2.45. The third kappa shape index (κ3) is 8.64. The monoisotopic (exact) mass is 756 g/mol. The number of likely N-dealkylation sites (tertiary alicyclic amines) is 1. The topological polar surface area (TPSA) is 184 Å². The summed E-state index contributed by atoms with van der Waals surface area (Å²) in [5.41, 5.74) is 5.04. The first-order valence-corrected chi connectivity index (χ1v) is 19.0. The second-order valence-corrected chi connectivity index (χ2v) is 16.0. The Morgan fingerprint density at radius 1 is 1.04 bits per heavy atom. The number of nitrogens with zero attached hydrogens (tertiary/aromatic N) is 5. The van der Waals surface area contributed by atoms with E-state index < -0.39 is 29.5 Å². The Kier molecular flexibility index (Phi) is 11.5. The number of carbonyl (C=O) groups excluding carboxylic acids is 3. The lowest BCUT2D eigenvalue weighted by atomic mass is 9.85. The van der Waals surface area contributed by atoms with Gasteiger partial charge >= 0.3 is 0 Å². The fourth-order valence-corrected chi connectivity index (χ4v) is 7.84. The van der Waals surface area contributed by atoms with Crippen LogP contribution in [0.25, 0.3) is 21.7 Å². The van der Waals surface area contributed by atoms with E-state index in [2.05, 4.69) is 25.8 Å². The molecule has 0 radical (unpaired) electrons. The maximum atomic E-state index is 14.1. The van der Waals surface area contributed by atoms with Crippen molar-refractivity contribution in [3.05, 3.63) is 81.7 Å². The van der Waals surface area contributed by atoms with Crippen molar-refractivity contribution in [2.45, 2.75) is 65.3 Å². The van der Waals surface area contributed by atoms with Gasteiger partial charge in [-0.25, -0.2) is 10.1 Å². The van der Waals surface area contributed by atoms with Gasteiger partial charge in [0.05, 0.1) is 40.5 Å². The molecule has 0 saturated carbocycles. The van der Waals surface area contributed by atoms with Crippen molar-refractivity contribution in [2.24, 2.45) is 5.41 Å². The number of aromatic amines is 1. The molecule has 0 unspecified atom stereocenters. The van der Waals surface area contributed by atoms with Gasteiger partial charge < -0.3 is 30.6 Å². The molecule has 2 aromatic heterocycles. The lowest BCUT2D eigenvalue weighted by Crippen LogP contribution is -2.59. The number of rotatable bonds is 10. The normalized spacial score (nSPS) is 19.0. The number of aliphatic hydroxyl groups is 1. The SMILES string of the molecule is Cc1ncsc1-c1ccc([C@H](C)NC(=O)[C@@H]2C[C@@H](O)CN2C(=O)[C@@H](NC(=O)CN2CCN(c3cc(-c4ccccc4O)n[nH]c3=O)CC2)C(C)(C)C)cc1. The first-order chi connectivity index (χ1) is 25.7. The molecule has 0 spiro atoms. The Morgan fingerprint density at radius 3 is 2.39 bits per heavy atom. The summed E-state index contributed by atoms with van der Waals surface area (Å²) in [5, 5.41) is 33.5. The number of nitrogens with one attached hydrogen (secondary N) is 3. The number of phenols is 1. The average Bonchev–Trinajstić information content (AvgIpc) is 3.76. The Morgan fingerprint density at radius 2 is 1.74 bits per heavy atom. The van der Waals surface area contributed by atoms with E-state index >= 15 is 0 Å². The third-order valence-corrected chi connectivity index (χ3v) is 11.1. The van der Waals surface area contributed by atoms with Gasteiger partial charge in [0.1, 0.15) is 23.5 Å². The molecule has 4 aromatic rings. The molecule has 3 amide bonds. The molecular weight excluding hydrogens is 709 g/mol. The van der Waals surface area contributed by atoms with Crippen LogP contribution in [0.4, 0.5) is 5.69 Å². The number of aryl methyl sites for hydroxylation is 1. The van der Waals surface area contributed by atoms with Crippen molar-refractivity contribution in [2.75, 3.05) is 44.2 Å². The van der Waals surface area contributed by atoms with Gasteiger partial charge in [0.2, 0.25) is 17.7 Å². The lowest BCUT2D eigenvalue weighted by molar-refractivity contribution is -0.144. The standard InChI is InChI=1S/C39H48N8O6S/c1-23(25-10-12-26(13-11-25)34-24(2)40-22-54-34)41-36(51)31-18-27(48)20-47(31)38(53)35(39(3,4)5)42-33(50)21-45-14-16-46(17-15-45)30-19-29(43-44-37(30)52)28-8-6-7-9-32(28)49/h6-13,19,22-23,27,31,35,48-49H,14-18,20-21H2,1-5H3,(H,41,51)(H,42,50)(H,44,52)/t23-,27+,31-,35+/m0/s1. The van der Waals surface area contributed by atoms with Crippen LogP contribution >= 0.6 is 11.3 Å². The fourth-order valence-electron chi connectivity index (χ4n) is 7.03. The molecule has 54 heavy (non-hydrogen) atoms. The Bertz CT molecular complexity index is 2040. The van der Waals surface area contributed by atoms with E-state index in [1.165, 1.54) is 4.90 Å². The third-order valence-electron chi connectivity index (χ3n) is 10.1. The number of β-amino-alcohol motifs (C(OH)–C–C–N with tert-alkyl or cyclic N) is 1. The number of benzene rings is 2. The number of anilines is 1. The van der Waals surface area contributed by atoms with E-state index in [4.69, 9.17) is 0 Å². The summed E-state index contributed by atoms with van der Waals surface area (Å²) in [5.74, 6) is -1.08. The molecule has 2 aromatic carbocycles. The number of hydrogen-bond acceptors (Lipinski definition) is 11. The fraction of sp³-hybridized carbons (Fsp3) is 0.436. The molecular formula is C39H48N8O6S. The average molecular weight is 757 g/mol. The van der Waals surface area contributed by atoms with Crippen molar-refractivity contribution in [1.29, 1.82) is 0 Å². The van der Waals surface area contributed by atoms with Gasteiger partial charge in [-0.15, -0.1) is 11.3 Å². The highest BCUT2D eigenvalue weighted by atomic mass is 32.1. The molecule has 14 nitrogen and oxygen atoms in total. The number of para-hydroxylation sites is 1. The minimum absolute atomic E-state index is 0.0155. The first-order valence-electron chi connectivity index (χ1n) is 18.1. The van der Waals surface area contributed by atoms with E-state index in [-0.39, 0.29) is 48.7 Å². The molecule has 4 heterocycles. The van der Waals surface area contributed by atoms with Gasteiger partial charge in [0, 0.05) is 44.7 Å². The molecule has 6 rings (SSSR count). The summed E-state index contributed by atoms with van der Waals surface area (Å²) in [4.78, 5) is 64.7. The van der Waals surface area contributed by atoms with E-state index in [1.807, 2.05) is 74.2 Å². The number of piperazine rings is 1. The first kappa shape index (κ1) is 38.6. The van der Waals surface area contributed by atoms with Gasteiger partial charge in [0.15, 0.2) is 0 Å². The van der Waals surface area contributed by atoms with Crippen LogP contribution in [-0.4, -0.2) is 110 Å². The van der Waals surface area contributed by atoms with Crippen molar-refractivity contribution < 1.29 is 24.6 Å². The highest BCUT2D eigenvalue weighted by molar-refractivity contribution is 7.13. The minimum Gasteiger partial charge on any atom is -0.507 e. The zero-order valence-electron chi connectivity index (χ0n) is 31.2. The summed E-state index contributed by atoms with van der Waals surface area (Å²) in [6, 6.07) is 14.2. The van der Waals surface area contributed by atoms with E-state index in [0.717, 1.165) is 21.7 Å². The van der Waals surface area contributed by atoms with Crippen LogP contribution in [0, 0.1) is 12.3 Å². The Balaban J connectivity index is 1.06. The number of amides is 3. The van der Waals surface area contributed by atoms with Gasteiger partial charge in [-0.1, -0.05) is 57.2 Å². The maximum Gasteiger partial charge on any atom is 0.287 e. The summed E-state index contributed by atoms with van der Waals surface area (Å²) in [6.45, 7) is 11.3. The number of aliphatic hydroxyl groups excluding tert-OH is 1. The summed E-state index contributed by atoms with van der Waals surface area (Å²) in [7, 11) is 0. The quantitative estimate of drug-likeness (QED) is 0.161. The smallest absolute Gasteiger partial charge is 0.287 e. The van der Waals surface area contributed by atoms with Gasteiger partial charge in [-0.2, -0.15) is 5.10 Å². The molecule has 2 fully saturated rings. The predicted molar refractivity (Wildman–Crippen MR) is 207 cm³/mol. The number of thiazole rings is 1. The number of phenolic OH excluding ortho intramolecular Hbond substituents is 1. The van der Waals surface area contributed by atoms with E-state index in [1.54, 1.807) is 41.7 Å². The molecule has 2 aliphatic heterocycles. The van der Waals surface area contributed by atoms with Gasteiger partial charge in [-0.05, 0) is 48.6 Å². The summed E-state index contributed by atoms with van der Waals surface area (Å²) < 4.78 is 0. The zero-order chi connectivity index (χ0) is 38.7. The van der Waals surface area contributed by atoms with Crippen LogP contribution in [0.2, 0.25) is 0 Å². The molecule has 4 atom stereocenters. The summed E-state index contributed by atoms with van der Waals surface area (Å²) in [6.07, 6.45) is -0.784. The maximum absolute atomic E-state index is 14.1. The van der Waals surface area contributed by atoms with Crippen molar-refractivity contribution in [1.82, 2.24) is 35.6 Å². The molecule has 286 valence electrons. The minimum atomic E-state index is -0.949. The molecule has 15 heteroatoms. The van der Waals surface area contributed by atoms with Crippen LogP contribution < -0.4 is 21.1 Å². The second-order valence-electron chi connectivity index (χ2n) is 15.1. The lowest BCUT2D eigenvalue weighted by Gasteiger charge is -2.37. The number of hydrogen-bond donors (Lipinski definition) is 5. The number of H-pyrrole nitrogens is 1. The number of aromatic hydroxyl groups is 1. The highest BCUT2D eigenvalue weighted by Crippen LogP contribution is 2.31. The van der Waals surface area contributed by atoms with Crippen molar-refractivity contribution in [3.8, 4) is 27.4 Å². The Hall–Kier alpha value is -5.12. The van der Waals surface area contributed by atoms with Crippen LogP contribution in [-0.2, 0) is 14.4 Å². The Labute approximate surface area is 318 Å².